The second-order valence-electron chi connectivity index (χ2n) is 6.92. The highest BCUT2D eigenvalue weighted by molar-refractivity contribution is 6.30. The van der Waals surface area contributed by atoms with E-state index < -0.39 is 0 Å². The normalized spacial score (nSPS) is 31.5. The molecular weight excluding hydrogens is 270 g/mol. The molecule has 0 radical (unpaired) electrons. The van der Waals surface area contributed by atoms with Crippen LogP contribution in [0.2, 0.25) is 5.02 Å². The molecule has 0 aromatic heterocycles. The standard InChI is InChI=1S/C17H24ClNO/c1-17(2)10-11-7-8-12(18)9-13(11)16(17)19-14-5-4-6-15(14)20-3/h7-9,14-16,19H,4-6,10H2,1-3H3. The van der Waals surface area contributed by atoms with Gasteiger partial charge in [-0.15, -0.1) is 0 Å². The van der Waals surface area contributed by atoms with Gasteiger partial charge in [-0.3, -0.25) is 0 Å². The topological polar surface area (TPSA) is 21.3 Å². The SMILES string of the molecule is COC1CCCC1NC1c2cc(Cl)ccc2CC1(C)C. The fourth-order valence-electron chi connectivity index (χ4n) is 3.94. The van der Waals surface area contributed by atoms with Gasteiger partial charge in [-0.2, -0.15) is 0 Å². The first-order valence-corrected chi connectivity index (χ1v) is 7.96. The van der Waals surface area contributed by atoms with Crippen molar-refractivity contribution in [2.45, 2.75) is 57.7 Å². The van der Waals surface area contributed by atoms with Gasteiger partial charge in [0.25, 0.3) is 0 Å². The molecule has 0 bridgehead atoms. The third-order valence-corrected chi connectivity index (χ3v) is 5.22. The van der Waals surface area contributed by atoms with Crippen molar-refractivity contribution in [3.05, 3.63) is 34.3 Å². The summed E-state index contributed by atoms with van der Waals surface area (Å²) in [5.41, 5.74) is 3.04. The Morgan fingerprint density at radius 2 is 2.10 bits per heavy atom. The first-order valence-electron chi connectivity index (χ1n) is 7.58. The molecule has 20 heavy (non-hydrogen) atoms. The minimum atomic E-state index is 0.230. The molecule has 1 N–H and O–H groups in total. The van der Waals surface area contributed by atoms with Crippen LogP contribution in [0.15, 0.2) is 18.2 Å². The van der Waals surface area contributed by atoms with Crippen molar-refractivity contribution in [1.82, 2.24) is 5.32 Å². The Morgan fingerprint density at radius 1 is 1.30 bits per heavy atom. The first kappa shape index (κ1) is 14.4. The average molecular weight is 294 g/mol. The number of hydrogen-bond acceptors (Lipinski definition) is 2. The number of fused-ring (bicyclic) bond motifs is 1. The number of benzene rings is 1. The van der Waals surface area contributed by atoms with Crippen LogP contribution in [0, 0.1) is 5.41 Å². The van der Waals surface area contributed by atoms with Gasteiger partial charge in [-0.25, -0.2) is 0 Å². The Kier molecular flexibility index (Phi) is 3.83. The van der Waals surface area contributed by atoms with Gasteiger partial charge in [-0.1, -0.05) is 31.5 Å². The van der Waals surface area contributed by atoms with Crippen LogP contribution in [-0.4, -0.2) is 19.3 Å². The summed E-state index contributed by atoms with van der Waals surface area (Å²) in [5, 5.41) is 4.70. The molecule has 2 nitrogen and oxygen atoms in total. The van der Waals surface area contributed by atoms with Crippen molar-refractivity contribution in [3.8, 4) is 0 Å². The van der Waals surface area contributed by atoms with Crippen molar-refractivity contribution < 1.29 is 4.74 Å². The van der Waals surface area contributed by atoms with E-state index in [4.69, 9.17) is 16.3 Å². The van der Waals surface area contributed by atoms with Gasteiger partial charge >= 0.3 is 0 Å². The quantitative estimate of drug-likeness (QED) is 0.905. The Labute approximate surface area is 126 Å². The van der Waals surface area contributed by atoms with E-state index in [0.717, 1.165) is 11.4 Å². The summed E-state index contributed by atoms with van der Waals surface area (Å²) in [7, 11) is 1.83. The van der Waals surface area contributed by atoms with Crippen LogP contribution in [0.25, 0.3) is 0 Å². The van der Waals surface area contributed by atoms with Gasteiger partial charge in [0.15, 0.2) is 0 Å². The molecule has 3 rings (SSSR count). The van der Waals surface area contributed by atoms with E-state index in [0.29, 0.717) is 18.2 Å². The van der Waals surface area contributed by atoms with Crippen LogP contribution in [-0.2, 0) is 11.2 Å². The lowest BCUT2D eigenvalue weighted by atomic mass is 9.84. The molecule has 1 aromatic carbocycles. The van der Waals surface area contributed by atoms with E-state index in [9.17, 15) is 0 Å². The molecule has 3 unspecified atom stereocenters. The Balaban J connectivity index is 1.86. The van der Waals surface area contributed by atoms with E-state index in [1.54, 1.807) is 0 Å². The fourth-order valence-corrected chi connectivity index (χ4v) is 4.12. The van der Waals surface area contributed by atoms with Crippen LogP contribution in [0.5, 0.6) is 0 Å². The number of rotatable bonds is 3. The number of ether oxygens (including phenoxy) is 1. The number of nitrogens with one attached hydrogen (secondary N) is 1. The third kappa shape index (κ3) is 2.49. The lowest BCUT2D eigenvalue weighted by Crippen LogP contribution is -2.43. The Morgan fingerprint density at radius 3 is 2.85 bits per heavy atom. The number of hydrogen-bond donors (Lipinski definition) is 1. The highest BCUT2D eigenvalue weighted by atomic mass is 35.5. The molecule has 1 aromatic rings. The molecule has 0 saturated heterocycles. The predicted octanol–water partition coefficient (Wildman–Crippen LogP) is 4.12. The molecule has 110 valence electrons. The minimum Gasteiger partial charge on any atom is -0.380 e. The molecule has 2 aliphatic carbocycles. The third-order valence-electron chi connectivity index (χ3n) is 4.98. The molecule has 1 fully saturated rings. The van der Waals surface area contributed by atoms with E-state index >= 15 is 0 Å². The summed E-state index contributed by atoms with van der Waals surface area (Å²) in [6.07, 6.45) is 5.10. The van der Waals surface area contributed by atoms with E-state index in [-0.39, 0.29) is 5.41 Å². The monoisotopic (exact) mass is 293 g/mol. The fraction of sp³-hybridized carbons (Fsp3) is 0.647. The number of methoxy groups -OCH3 is 1. The molecule has 0 aliphatic heterocycles. The van der Waals surface area contributed by atoms with Crippen molar-refractivity contribution in [1.29, 1.82) is 0 Å². The number of halogens is 1. The maximum Gasteiger partial charge on any atom is 0.0724 e. The summed E-state index contributed by atoms with van der Waals surface area (Å²) in [5.74, 6) is 0. The minimum absolute atomic E-state index is 0.230. The van der Waals surface area contributed by atoms with Crippen molar-refractivity contribution >= 4 is 11.6 Å². The van der Waals surface area contributed by atoms with Gasteiger partial charge in [0.1, 0.15) is 0 Å². The highest BCUT2D eigenvalue weighted by Gasteiger charge is 2.41. The van der Waals surface area contributed by atoms with Crippen LogP contribution in [0.3, 0.4) is 0 Å². The lowest BCUT2D eigenvalue weighted by Gasteiger charge is -2.33. The lowest BCUT2D eigenvalue weighted by molar-refractivity contribution is 0.0739. The van der Waals surface area contributed by atoms with Gasteiger partial charge in [0.2, 0.25) is 0 Å². The summed E-state index contributed by atoms with van der Waals surface area (Å²) >= 11 is 6.20. The molecule has 0 spiro atoms. The highest BCUT2D eigenvalue weighted by Crippen LogP contribution is 2.46. The van der Waals surface area contributed by atoms with Crippen LogP contribution < -0.4 is 5.32 Å². The van der Waals surface area contributed by atoms with Gasteiger partial charge in [0.05, 0.1) is 6.10 Å². The summed E-state index contributed by atoms with van der Waals surface area (Å²) < 4.78 is 5.63. The summed E-state index contributed by atoms with van der Waals surface area (Å²) in [4.78, 5) is 0. The maximum atomic E-state index is 6.20. The van der Waals surface area contributed by atoms with Crippen molar-refractivity contribution in [3.63, 3.8) is 0 Å². The largest absolute Gasteiger partial charge is 0.380 e. The van der Waals surface area contributed by atoms with E-state index in [1.807, 2.05) is 13.2 Å². The van der Waals surface area contributed by atoms with Crippen LogP contribution in [0.4, 0.5) is 0 Å². The van der Waals surface area contributed by atoms with Crippen molar-refractivity contribution in [2.24, 2.45) is 5.41 Å². The predicted molar refractivity (Wildman–Crippen MR) is 83.2 cm³/mol. The summed E-state index contributed by atoms with van der Waals surface area (Å²) in [6, 6.07) is 7.17. The molecule has 3 atom stereocenters. The van der Waals surface area contributed by atoms with Crippen LogP contribution >= 0.6 is 11.6 Å². The van der Waals surface area contributed by atoms with Gasteiger partial charge in [0, 0.05) is 24.2 Å². The van der Waals surface area contributed by atoms with Crippen molar-refractivity contribution in [2.75, 3.05) is 7.11 Å². The smallest absolute Gasteiger partial charge is 0.0724 e. The zero-order valence-corrected chi connectivity index (χ0v) is 13.3. The van der Waals surface area contributed by atoms with Gasteiger partial charge in [-0.05, 0) is 54.4 Å². The molecule has 0 amide bonds. The van der Waals surface area contributed by atoms with E-state index in [2.05, 4.69) is 31.3 Å². The second-order valence-corrected chi connectivity index (χ2v) is 7.36. The molecular formula is C17H24ClNO. The zero-order valence-electron chi connectivity index (χ0n) is 12.6. The molecule has 2 aliphatic rings. The molecule has 0 heterocycles. The second kappa shape index (κ2) is 5.32. The van der Waals surface area contributed by atoms with E-state index in [1.165, 1.54) is 30.4 Å². The molecule has 3 heteroatoms. The molecule has 1 saturated carbocycles. The zero-order chi connectivity index (χ0) is 14.3. The first-order chi connectivity index (χ1) is 9.51. The van der Waals surface area contributed by atoms with Gasteiger partial charge < -0.3 is 10.1 Å². The maximum absolute atomic E-state index is 6.20. The Hall–Kier alpha value is -0.570. The summed E-state index contributed by atoms with van der Waals surface area (Å²) in [6.45, 7) is 4.69. The average Bonchev–Trinajstić information content (AvgIpc) is 2.93. The van der Waals surface area contributed by atoms with Crippen LogP contribution in [0.1, 0.15) is 50.3 Å². The Bertz CT molecular complexity index is 500.